The fraction of sp³-hybridized carbons (Fsp3) is 0.455. The van der Waals surface area contributed by atoms with Crippen LogP contribution >= 0.6 is 0 Å². The van der Waals surface area contributed by atoms with Gasteiger partial charge in [-0.2, -0.15) is 26.3 Å². The van der Waals surface area contributed by atoms with E-state index in [4.69, 9.17) is 5.73 Å². The van der Waals surface area contributed by atoms with Gasteiger partial charge in [-0.3, -0.25) is 9.78 Å². The van der Waals surface area contributed by atoms with Crippen LogP contribution in [0.15, 0.2) is 36.4 Å². The number of nitrogens with one attached hydrogen (secondary N) is 1. The van der Waals surface area contributed by atoms with Crippen LogP contribution < -0.4 is 11.1 Å². The van der Waals surface area contributed by atoms with E-state index in [2.05, 4.69) is 10.3 Å². The number of carbonyl (C=O) groups excluding carboxylic acids is 1. The lowest BCUT2D eigenvalue weighted by Gasteiger charge is -2.16. The quantitative estimate of drug-likeness (QED) is 0.517. The van der Waals surface area contributed by atoms with Crippen LogP contribution in [-0.4, -0.2) is 17.4 Å². The second kappa shape index (κ2) is 10.3. The van der Waals surface area contributed by atoms with Crippen LogP contribution in [0.5, 0.6) is 0 Å². The van der Waals surface area contributed by atoms with E-state index in [1.165, 1.54) is 18.2 Å². The van der Waals surface area contributed by atoms with Gasteiger partial charge in [-0.25, -0.2) is 0 Å². The molecule has 2 aromatic rings. The van der Waals surface area contributed by atoms with E-state index in [0.717, 1.165) is 6.42 Å². The highest BCUT2D eigenvalue weighted by atomic mass is 19.4. The average molecular weight is 461 g/mol. The van der Waals surface area contributed by atoms with Gasteiger partial charge < -0.3 is 11.1 Å². The van der Waals surface area contributed by atoms with Gasteiger partial charge in [0.1, 0.15) is 0 Å². The molecule has 10 heteroatoms. The fourth-order valence-electron chi connectivity index (χ4n) is 3.29. The molecule has 0 radical (unpaired) electrons. The zero-order valence-corrected chi connectivity index (χ0v) is 17.6. The number of benzene rings is 1. The molecule has 2 rings (SSSR count). The highest BCUT2D eigenvalue weighted by molar-refractivity contribution is 5.76. The number of nitrogens with two attached hydrogens (primary N) is 1. The van der Waals surface area contributed by atoms with E-state index < -0.39 is 23.5 Å². The number of aromatic nitrogens is 1. The van der Waals surface area contributed by atoms with Crippen molar-refractivity contribution in [3.05, 3.63) is 53.2 Å². The molecule has 0 saturated heterocycles. The van der Waals surface area contributed by atoms with Crippen molar-refractivity contribution in [1.29, 1.82) is 0 Å². The SMILES string of the molecule is CC(C)CC(CN)CC(=O)NCc1cccc(-c2cc(C(F)(F)F)cc(C(F)(F)F)c2)n1. The van der Waals surface area contributed by atoms with Crippen LogP contribution in [0.3, 0.4) is 0 Å². The second-order valence-corrected chi connectivity index (χ2v) is 8.02. The van der Waals surface area contributed by atoms with Gasteiger partial charge >= 0.3 is 12.4 Å². The van der Waals surface area contributed by atoms with E-state index >= 15 is 0 Å². The number of rotatable bonds is 8. The van der Waals surface area contributed by atoms with Crippen LogP contribution in [0, 0.1) is 11.8 Å². The Morgan fingerprint density at radius 3 is 2.12 bits per heavy atom. The third-order valence-electron chi connectivity index (χ3n) is 4.77. The molecule has 0 fully saturated rings. The lowest BCUT2D eigenvalue weighted by atomic mass is 9.94. The van der Waals surface area contributed by atoms with E-state index in [1.54, 1.807) is 0 Å². The van der Waals surface area contributed by atoms with E-state index in [1.807, 2.05) is 13.8 Å². The third-order valence-corrected chi connectivity index (χ3v) is 4.77. The predicted molar refractivity (Wildman–Crippen MR) is 108 cm³/mol. The highest BCUT2D eigenvalue weighted by Gasteiger charge is 2.37. The Labute approximate surface area is 182 Å². The van der Waals surface area contributed by atoms with Crippen molar-refractivity contribution in [2.24, 2.45) is 17.6 Å². The van der Waals surface area contributed by atoms with Crippen molar-refractivity contribution in [3.63, 3.8) is 0 Å². The summed E-state index contributed by atoms with van der Waals surface area (Å²) in [4.78, 5) is 16.3. The summed E-state index contributed by atoms with van der Waals surface area (Å²) in [6.45, 7) is 4.38. The largest absolute Gasteiger partial charge is 0.416 e. The summed E-state index contributed by atoms with van der Waals surface area (Å²) in [6, 6.07) is 5.61. The molecule has 0 aliphatic heterocycles. The number of alkyl halides is 6. The van der Waals surface area contributed by atoms with Gasteiger partial charge in [-0.05, 0) is 55.1 Å². The maximum Gasteiger partial charge on any atom is 0.416 e. The number of halogens is 6. The summed E-state index contributed by atoms with van der Waals surface area (Å²) in [7, 11) is 0. The first-order valence-electron chi connectivity index (χ1n) is 10.0. The lowest BCUT2D eigenvalue weighted by molar-refractivity contribution is -0.143. The van der Waals surface area contributed by atoms with Gasteiger partial charge in [0, 0.05) is 12.0 Å². The van der Waals surface area contributed by atoms with E-state index in [9.17, 15) is 31.1 Å². The zero-order valence-electron chi connectivity index (χ0n) is 17.6. The van der Waals surface area contributed by atoms with Crippen LogP contribution in [0.1, 0.15) is 43.5 Å². The maximum atomic E-state index is 13.1. The van der Waals surface area contributed by atoms with Gasteiger partial charge in [0.25, 0.3) is 0 Å². The minimum Gasteiger partial charge on any atom is -0.350 e. The molecule has 3 N–H and O–H groups in total. The van der Waals surface area contributed by atoms with E-state index in [0.29, 0.717) is 30.3 Å². The Bertz CT molecular complexity index is 892. The molecule has 0 aliphatic carbocycles. The van der Waals surface area contributed by atoms with E-state index in [-0.39, 0.29) is 42.1 Å². The Hall–Kier alpha value is -2.62. The van der Waals surface area contributed by atoms with Crippen LogP contribution in [0.2, 0.25) is 0 Å². The minimum atomic E-state index is -4.95. The molecule has 1 aromatic heterocycles. The third kappa shape index (κ3) is 7.51. The van der Waals surface area contributed by atoms with Gasteiger partial charge in [0.2, 0.25) is 5.91 Å². The van der Waals surface area contributed by atoms with Gasteiger partial charge in [-0.15, -0.1) is 0 Å². The van der Waals surface area contributed by atoms with Crippen LogP contribution in [0.4, 0.5) is 26.3 Å². The second-order valence-electron chi connectivity index (χ2n) is 8.02. The maximum absolute atomic E-state index is 13.1. The summed E-state index contributed by atoms with van der Waals surface area (Å²) >= 11 is 0. The standard InChI is InChI=1S/C22H25F6N3O/c1-13(2)6-14(11-29)7-20(32)30-12-18-4-3-5-19(31-18)15-8-16(21(23,24)25)10-17(9-15)22(26,27)28/h3-5,8-10,13-14H,6-7,11-12,29H2,1-2H3,(H,30,32). The number of pyridine rings is 1. The number of hydrogen-bond donors (Lipinski definition) is 2. The summed E-state index contributed by atoms with van der Waals surface area (Å²) < 4.78 is 78.7. The molecule has 32 heavy (non-hydrogen) atoms. The molecule has 0 bridgehead atoms. The highest BCUT2D eigenvalue weighted by Crippen LogP contribution is 2.38. The van der Waals surface area contributed by atoms with Crippen LogP contribution in [-0.2, 0) is 23.7 Å². The Morgan fingerprint density at radius 2 is 1.62 bits per heavy atom. The summed E-state index contributed by atoms with van der Waals surface area (Å²) in [5, 5.41) is 2.67. The van der Waals surface area contributed by atoms with Crippen molar-refractivity contribution < 1.29 is 31.1 Å². The average Bonchev–Trinajstić information content (AvgIpc) is 2.70. The molecule has 0 saturated carbocycles. The Kier molecular flexibility index (Phi) is 8.28. The number of hydrogen-bond acceptors (Lipinski definition) is 3. The van der Waals surface area contributed by atoms with Crippen molar-refractivity contribution >= 4 is 5.91 Å². The van der Waals surface area contributed by atoms with Crippen LogP contribution in [0.25, 0.3) is 11.3 Å². The number of amides is 1. The predicted octanol–water partition coefficient (Wildman–Crippen LogP) is 5.41. The minimum absolute atomic E-state index is 0.0141. The lowest BCUT2D eigenvalue weighted by Crippen LogP contribution is -2.28. The molecular weight excluding hydrogens is 436 g/mol. The molecule has 4 nitrogen and oxygen atoms in total. The van der Waals surface area contributed by atoms with Crippen molar-refractivity contribution in [1.82, 2.24) is 10.3 Å². The molecular formula is C22H25F6N3O. The Balaban J connectivity index is 2.21. The van der Waals surface area contributed by atoms with Gasteiger partial charge in [0.05, 0.1) is 29.1 Å². The molecule has 1 unspecified atom stereocenters. The smallest absolute Gasteiger partial charge is 0.350 e. The molecule has 1 aromatic carbocycles. The van der Waals surface area contributed by atoms with Crippen molar-refractivity contribution in [2.75, 3.05) is 6.54 Å². The molecule has 0 spiro atoms. The number of carbonyl (C=O) groups is 1. The molecule has 1 amide bonds. The van der Waals surface area contributed by atoms with Gasteiger partial charge in [-0.1, -0.05) is 19.9 Å². The summed E-state index contributed by atoms with van der Waals surface area (Å²) in [6.07, 6.45) is -8.89. The van der Waals surface area contributed by atoms with Crippen molar-refractivity contribution in [3.8, 4) is 11.3 Å². The normalized spacial score (nSPS) is 13.3. The first kappa shape index (κ1) is 25.6. The molecule has 1 heterocycles. The fourth-order valence-corrected chi connectivity index (χ4v) is 3.29. The monoisotopic (exact) mass is 461 g/mol. The zero-order chi connectivity index (χ0) is 24.1. The first-order chi connectivity index (χ1) is 14.8. The first-order valence-corrected chi connectivity index (χ1v) is 10.0. The van der Waals surface area contributed by atoms with Gasteiger partial charge in [0.15, 0.2) is 0 Å². The van der Waals surface area contributed by atoms with Crippen molar-refractivity contribution in [2.45, 2.75) is 45.6 Å². The topological polar surface area (TPSA) is 68.0 Å². The molecule has 0 aliphatic rings. The Morgan fingerprint density at radius 1 is 1.03 bits per heavy atom. The summed E-state index contributed by atoms with van der Waals surface area (Å²) in [5.74, 6) is 0.135. The molecule has 1 atom stereocenters. The summed E-state index contributed by atoms with van der Waals surface area (Å²) in [5.41, 5.74) is 2.78. The number of nitrogens with zero attached hydrogens (tertiary/aromatic N) is 1. The molecule has 176 valence electrons.